The summed E-state index contributed by atoms with van der Waals surface area (Å²) >= 11 is 0. The molecule has 0 aromatic heterocycles. The van der Waals surface area contributed by atoms with E-state index in [9.17, 15) is 0 Å². The summed E-state index contributed by atoms with van der Waals surface area (Å²) < 4.78 is 37.3. The third-order valence-corrected chi connectivity index (χ3v) is 7.25. The maximum Gasteiger partial charge on any atom is 0.184 e. The van der Waals surface area contributed by atoms with Crippen LogP contribution in [0, 0.1) is 0 Å². The molecule has 0 amide bonds. The molecule has 0 saturated heterocycles. The van der Waals surface area contributed by atoms with Crippen LogP contribution < -0.4 is 0 Å². The van der Waals surface area contributed by atoms with E-state index in [0.29, 0.717) is 24.2 Å². The molecule has 37 heavy (non-hydrogen) atoms. The topological polar surface area (TPSA) is 9.23 Å². The van der Waals surface area contributed by atoms with Gasteiger partial charge in [0, 0.05) is 12.2 Å². The lowest BCUT2D eigenvalue weighted by Gasteiger charge is -2.36. The van der Waals surface area contributed by atoms with Crippen LogP contribution >= 0.6 is 0 Å². The molecular weight excluding hydrogens is 462 g/mol. The predicted molar refractivity (Wildman–Crippen MR) is 152 cm³/mol. The van der Waals surface area contributed by atoms with E-state index in [0.717, 1.165) is 55.2 Å². The minimum absolute atomic E-state index is 0.307. The zero-order chi connectivity index (χ0) is 26.1. The standard InChI is InChI=1S/C34H38F2O/c1-3-5-10-23-34(37-25-11-6-4-2)24-22-31(32(35)33(34)36)30-20-18-29(19-21-30)28-16-14-27(15-17-28)26-12-8-7-9-13-26/h7-9,12-22,24,33H,3-6,10-11,23,25H2,1-2H3. The molecule has 194 valence electrons. The number of rotatable bonds is 12. The van der Waals surface area contributed by atoms with Gasteiger partial charge in [0.05, 0.1) is 0 Å². The summed E-state index contributed by atoms with van der Waals surface area (Å²) in [6, 6.07) is 26.4. The van der Waals surface area contributed by atoms with Gasteiger partial charge in [-0.1, -0.05) is 131 Å². The Hall–Kier alpha value is -3.04. The van der Waals surface area contributed by atoms with Crippen molar-refractivity contribution in [1.82, 2.24) is 0 Å². The van der Waals surface area contributed by atoms with Crippen molar-refractivity contribution in [2.45, 2.75) is 70.6 Å². The summed E-state index contributed by atoms with van der Waals surface area (Å²) in [5.74, 6) is -0.727. The fourth-order valence-electron chi connectivity index (χ4n) is 4.97. The molecule has 2 atom stereocenters. The summed E-state index contributed by atoms with van der Waals surface area (Å²) in [6.45, 7) is 4.68. The minimum Gasteiger partial charge on any atom is -0.367 e. The summed E-state index contributed by atoms with van der Waals surface area (Å²) in [5, 5.41) is 0. The number of hydrogen-bond acceptors (Lipinski definition) is 1. The first-order chi connectivity index (χ1) is 18.1. The van der Waals surface area contributed by atoms with E-state index in [4.69, 9.17) is 4.74 Å². The van der Waals surface area contributed by atoms with Crippen LogP contribution in [0.15, 0.2) is 96.8 Å². The molecule has 1 nitrogen and oxygen atoms in total. The van der Waals surface area contributed by atoms with Crippen LogP contribution in [0.4, 0.5) is 8.78 Å². The van der Waals surface area contributed by atoms with E-state index < -0.39 is 17.6 Å². The van der Waals surface area contributed by atoms with Gasteiger partial charge in [-0.3, -0.25) is 0 Å². The lowest BCUT2D eigenvalue weighted by Crippen LogP contribution is -2.43. The largest absolute Gasteiger partial charge is 0.367 e. The highest BCUT2D eigenvalue weighted by Gasteiger charge is 2.44. The van der Waals surface area contributed by atoms with Crippen molar-refractivity contribution >= 4 is 5.57 Å². The predicted octanol–water partition coefficient (Wildman–Crippen LogP) is 10.1. The molecule has 3 aromatic carbocycles. The summed E-state index contributed by atoms with van der Waals surface area (Å²) in [7, 11) is 0. The van der Waals surface area contributed by atoms with Gasteiger partial charge >= 0.3 is 0 Å². The number of ether oxygens (including phenoxy) is 1. The Kier molecular flexibility index (Phi) is 9.46. The highest BCUT2D eigenvalue weighted by atomic mass is 19.2. The molecule has 0 spiro atoms. The van der Waals surface area contributed by atoms with Gasteiger partial charge in [-0.25, -0.2) is 8.78 Å². The van der Waals surface area contributed by atoms with Crippen molar-refractivity contribution in [3.63, 3.8) is 0 Å². The van der Waals surface area contributed by atoms with Crippen molar-refractivity contribution in [3.05, 3.63) is 102 Å². The second-order valence-corrected chi connectivity index (χ2v) is 9.95. The summed E-state index contributed by atoms with van der Waals surface area (Å²) in [6.07, 6.45) is 7.95. The van der Waals surface area contributed by atoms with E-state index in [1.165, 1.54) is 5.56 Å². The average Bonchev–Trinajstić information content (AvgIpc) is 2.95. The van der Waals surface area contributed by atoms with Gasteiger partial charge in [0.2, 0.25) is 0 Å². The molecule has 3 aromatic rings. The quantitative estimate of drug-likeness (QED) is 0.225. The van der Waals surface area contributed by atoms with Gasteiger partial charge in [-0.15, -0.1) is 0 Å². The van der Waals surface area contributed by atoms with Crippen molar-refractivity contribution in [3.8, 4) is 22.3 Å². The lowest BCUT2D eigenvalue weighted by molar-refractivity contribution is -0.0650. The smallest absolute Gasteiger partial charge is 0.184 e. The molecular formula is C34H38F2O. The number of alkyl halides is 1. The van der Waals surface area contributed by atoms with Crippen molar-refractivity contribution in [2.75, 3.05) is 6.61 Å². The Morgan fingerprint density at radius 1 is 0.676 bits per heavy atom. The number of halogens is 2. The first-order valence-electron chi connectivity index (χ1n) is 13.7. The lowest BCUT2D eigenvalue weighted by atomic mass is 9.83. The molecule has 0 heterocycles. The first kappa shape index (κ1) is 27.0. The molecule has 0 aliphatic heterocycles. The number of benzene rings is 3. The average molecular weight is 501 g/mol. The summed E-state index contributed by atoms with van der Waals surface area (Å²) in [4.78, 5) is 0. The number of hydrogen-bond donors (Lipinski definition) is 0. The van der Waals surface area contributed by atoms with E-state index >= 15 is 8.78 Å². The molecule has 0 N–H and O–H groups in total. The van der Waals surface area contributed by atoms with Crippen LogP contribution in [0.1, 0.15) is 64.4 Å². The van der Waals surface area contributed by atoms with Crippen LogP contribution in [0.25, 0.3) is 27.8 Å². The molecule has 3 heteroatoms. The zero-order valence-electron chi connectivity index (χ0n) is 22.1. The zero-order valence-corrected chi connectivity index (χ0v) is 22.1. The second kappa shape index (κ2) is 13.0. The van der Waals surface area contributed by atoms with Gasteiger partial charge in [-0.05, 0) is 46.7 Å². The van der Waals surface area contributed by atoms with E-state index in [1.54, 1.807) is 12.2 Å². The Morgan fingerprint density at radius 2 is 1.19 bits per heavy atom. The second-order valence-electron chi connectivity index (χ2n) is 9.95. The molecule has 0 bridgehead atoms. The van der Waals surface area contributed by atoms with Crippen LogP contribution in [0.2, 0.25) is 0 Å². The molecule has 4 rings (SSSR count). The molecule has 0 saturated carbocycles. The number of unbranched alkanes of at least 4 members (excludes halogenated alkanes) is 4. The Balaban J connectivity index is 1.51. The normalized spacial score (nSPS) is 19.4. The maximum absolute atomic E-state index is 15.7. The third kappa shape index (κ3) is 6.45. The highest BCUT2D eigenvalue weighted by molar-refractivity contribution is 5.80. The molecule has 0 radical (unpaired) electrons. The van der Waals surface area contributed by atoms with Gasteiger partial charge in [0.15, 0.2) is 6.17 Å². The molecule has 0 fully saturated rings. The Morgan fingerprint density at radius 3 is 1.76 bits per heavy atom. The van der Waals surface area contributed by atoms with E-state index in [1.807, 2.05) is 42.5 Å². The number of allylic oxidation sites excluding steroid dienone is 2. The molecule has 1 aliphatic rings. The Labute approximate surface area is 220 Å². The first-order valence-corrected chi connectivity index (χ1v) is 13.7. The van der Waals surface area contributed by atoms with Crippen LogP contribution in [-0.2, 0) is 4.74 Å². The van der Waals surface area contributed by atoms with Gasteiger partial charge in [0.1, 0.15) is 11.4 Å². The summed E-state index contributed by atoms with van der Waals surface area (Å²) in [5.41, 5.74) is 4.23. The SMILES string of the molecule is CCCCCOC1(CCCCC)C=CC(c2ccc(-c3ccc(-c4ccccc4)cc3)cc2)=C(F)C1F. The van der Waals surface area contributed by atoms with Gasteiger partial charge in [-0.2, -0.15) is 0 Å². The van der Waals surface area contributed by atoms with Crippen molar-refractivity contribution in [2.24, 2.45) is 0 Å². The maximum atomic E-state index is 15.7. The van der Waals surface area contributed by atoms with Crippen LogP contribution in [0.3, 0.4) is 0 Å². The third-order valence-electron chi connectivity index (χ3n) is 7.25. The van der Waals surface area contributed by atoms with Gasteiger partial charge < -0.3 is 4.74 Å². The van der Waals surface area contributed by atoms with Crippen molar-refractivity contribution < 1.29 is 13.5 Å². The van der Waals surface area contributed by atoms with Crippen LogP contribution in [-0.4, -0.2) is 18.4 Å². The minimum atomic E-state index is -1.80. The van der Waals surface area contributed by atoms with E-state index in [-0.39, 0.29) is 0 Å². The highest BCUT2D eigenvalue weighted by Crippen LogP contribution is 2.41. The fraction of sp³-hybridized carbons (Fsp3) is 0.353. The Bertz CT molecular complexity index is 1180. The van der Waals surface area contributed by atoms with E-state index in [2.05, 4.69) is 50.2 Å². The fourth-order valence-corrected chi connectivity index (χ4v) is 4.97. The van der Waals surface area contributed by atoms with Gasteiger partial charge in [0.25, 0.3) is 0 Å². The molecule has 2 unspecified atom stereocenters. The molecule has 1 aliphatic carbocycles. The van der Waals surface area contributed by atoms with Crippen molar-refractivity contribution in [1.29, 1.82) is 0 Å². The monoisotopic (exact) mass is 500 g/mol. The van der Waals surface area contributed by atoms with Crippen LogP contribution in [0.5, 0.6) is 0 Å².